The standard InChI is InChI=1S/C15H24N4O2S/c1-4-7-19(8-5-2)14(21)13(20)17-15-16-11-6-9-18(3)10-12(11)22-15/h4-10H2,1-3H3,(H,16,17,20). The number of anilines is 1. The molecule has 0 saturated heterocycles. The van der Waals surface area contributed by atoms with Crippen LogP contribution >= 0.6 is 11.3 Å². The first kappa shape index (κ1) is 16.9. The summed E-state index contributed by atoms with van der Waals surface area (Å²) in [6.45, 7) is 7.05. The van der Waals surface area contributed by atoms with Gasteiger partial charge in [0.05, 0.1) is 5.69 Å². The number of fused-ring (bicyclic) bond motifs is 1. The summed E-state index contributed by atoms with van der Waals surface area (Å²) in [5.41, 5.74) is 1.05. The van der Waals surface area contributed by atoms with Crippen molar-refractivity contribution in [2.45, 2.75) is 39.7 Å². The average Bonchev–Trinajstić information content (AvgIpc) is 2.87. The average molecular weight is 324 g/mol. The molecule has 0 spiro atoms. The summed E-state index contributed by atoms with van der Waals surface area (Å²) in [4.78, 5) is 33.8. The Labute approximate surface area is 135 Å². The van der Waals surface area contributed by atoms with Crippen LogP contribution in [0.1, 0.15) is 37.3 Å². The second kappa shape index (κ2) is 7.69. The lowest BCUT2D eigenvalue weighted by Crippen LogP contribution is -2.40. The Bertz CT molecular complexity index is 538. The van der Waals surface area contributed by atoms with Crippen molar-refractivity contribution < 1.29 is 9.59 Å². The molecule has 2 rings (SSSR count). The number of thiazole rings is 1. The van der Waals surface area contributed by atoms with Crippen molar-refractivity contribution >= 4 is 28.3 Å². The Morgan fingerprint density at radius 2 is 2.00 bits per heavy atom. The Morgan fingerprint density at radius 3 is 2.64 bits per heavy atom. The van der Waals surface area contributed by atoms with Crippen LogP contribution in [0, 0.1) is 0 Å². The predicted molar refractivity (Wildman–Crippen MR) is 87.9 cm³/mol. The maximum Gasteiger partial charge on any atom is 0.315 e. The summed E-state index contributed by atoms with van der Waals surface area (Å²) in [7, 11) is 2.07. The van der Waals surface area contributed by atoms with Gasteiger partial charge in [-0.3, -0.25) is 14.9 Å². The van der Waals surface area contributed by atoms with E-state index in [9.17, 15) is 9.59 Å². The number of aromatic nitrogens is 1. The van der Waals surface area contributed by atoms with Crippen LogP contribution in [0.3, 0.4) is 0 Å². The lowest BCUT2D eigenvalue weighted by molar-refractivity contribution is -0.143. The van der Waals surface area contributed by atoms with Gasteiger partial charge in [0.15, 0.2) is 5.13 Å². The smallest absolute Gasteiger partial charge is 0.315 e. The molecule has 1 aromatic rings. The molecule has 2 amide bonds. The first-order chi connectivity index (χ1) is 10.5. The molecule has 122 valence electrons. The van der Waals surface area contributed by atoms with Crippen molar-refractivity contribution in [1.29, 1.82) is 0 Å². The maximum atomic E-state index is 12.2. The zero-order chi connectivity index (χ0) is 16.1. The molecular formula is C15H24N4O2S. The summed E-state index contributed by atoms with van der Waals surface area (Å²) >= 11 is 1.47. The molecule has 2 heterocycles. The number of rotatable bonds is 5. The van der Waals surface area contributed by atoms with Gasteiger partial charge in [-0.2, -0.15) is 0 Å². The molecule has 1 aromatic heterocycles. The minimum absolute atomic E-state index is 0.464. The minimum Gasteiger partial charge on any atom is -0.334 e. The summed E-state index contributed by atoms with van der Waals surface area (Å²) in [6, 6.07) is 0. The third-order valence-electron chi connectivity index (χ3n) is 3.61. The second-order valence-electron chi connectivity index (χ2n) is 5.62. The molecule has 7 heteroatoms. The van der Waals surface area contributed by atoms with Gasteiger partial charge in [0, 0.05) is 37.5 Å². The van der Waals surface area contributed by atoms with Crippen molar-refractivity contribution in [3.63, 3.8) is 0 Å². The number of amides is 2. The SMILES string of the molecule is CCCN(CCC)C(=O)C(=O)Nc1nc2c(s1)CN(C)CC2. The lowest BCUT2D eigenvalue weighted by atomic mass is 10.2. The third kappa shape index (κ3) is 4.04. The molecule has 22 heavy (non-hydrogen) atoms. The fraction of sp³-hybridized carbons (Fsp3) is 0.667. The first-order valence-electron chi connectivity index (χ1n) is 7.82. The van der Waals surface area contributed by atoms with Crippen LogP contribution in [0.15, 0.2) is 0 Å². The molecule has 0 bridgehead atoms. The Balaban J connectivity index is 2.00. The fourth-order valence-electron chi connectivity index (χ4n) is 2.53. The second-order valence-corrected chi connectivity index (χ2v) is 6.71. The number of carbonyl (C=O) groups excluding carboxylic acids is 2. The van der Waals surface area contributed by atoms with Gasteiger partial charge in [-0.15, -0.1) is 11.3 Å². The quantitative estimate of drug-likeness (QED) is 0.838. The number of hydrogen-bond donors (Lipinski definition) is 1. The summed E-state index contributed by atoms with van der Waals surface area (Å²) in [5.74, 6) is -1.05. The molecule has 0 radical (unpaired) electrons. The molecule has 1 aliphatic rings. The van der Waals surface area contributed by atoms with E-state index in [0.29, 0.717) is 18.2 Å². The topological polar surface area (TPSA) is 65.5 Å². The first-order valence-corrected chi connectivity index (χ1v) is 8.64. The number of hydrogen-bond acceptors (Lipinski definition) is 5. The summed E-state index contributed by atoms with van der Waals surface area (Å²) in [5, 5.41) is 3.20. The van der Waals surface area contributed by atoms with E-state index in [1.807, 2.05) is 13.8 Å². The Kier molecular flexibility index (Phi) is 5.90. The van der Waals surface area contributed by atoms with Crippen molar-refractivity contribution in [1.82, 2.24) is 14.8 Å². The molecule has 0 saturated carbocycles. The van der Waals surface area contributed by atoms with Crippen molar-refractivity contribution in [2.75, 3.05) is 32.0 Å². The van der Waals surface area contributed by atoms with Gasteiger partial charge >= 0.3 is 11.8 Å². The van der Waals surface area contributed by atoms with Gasteiger partial charge < -0.3 is 9.80 Å². The normalized spacial score (nSPS) is 14.5. The molecule has 0 fully saturated rings. The van der Waals surface area contributed by atoms with E-state index in [4.69, 9.17) is 0 Å². The Hall–Kier alpha value is -1.47. The van der Waals surface area contributed by atoms with Gasteiger partial charge in [-0.05, 0) is 19.9 Å². The van der Waals surface area contributed by atoms with Crippen molar-refractivity contribution in [2.24, 2.45) is 0 Å². The molecule has 0 atom stereocenters. The van der Waals surface area contributed by atoms with E-state index >= 15 is 0 Å². The fourth-order valence-corrected chi connectivity index (χ4v) is 3.61. The number of nitrogens with one attached hydrogen (secondary N) is 1. The molecule has 6 nitrogen and oxygen atoms in total. The van der Waals surface area contributed by atoms with Gasteiger partial charge in [-0.25, -0.2) is 4.98 Å². The van der Waals surface area contributed by atoms with E-state index < -0.39 is 11.8 Å². The highest BCUT2D eigenvalue weighted by atomic mass is 32.1. The summed E-state index contributed by atoms with van der Waals surface area (Å²) < 4.78 is 0. The van der Waals surface area contributed by atoms with E-state index in [1.54, 1.807) is 4.90 Å². The molecule has 1 N–H and O–H groups in total. The van der Waals surface area contributed by atoms with E-state index in [-0.39, 0.29) is 0 Å². The van der Waals surface area contributed by atoms with E-state index in [0.717, 1.165) is 38.0 Å². The van der Waals surface area contributed by atoms with Crippen molar-refractivity contribution in [3.05, 3.63) is 10.6 Å². The minimum atomic E-state index is -0.582. The number of carbonyl (C=O) groups is 2. The molecular weight excluding hydrogens is 300 g/mol. The third-order valence-corrected chi connectivity index (χ3v) is 4.61. The van der Waals surface area contributed by atoms with Crippen LogP contribution in [0.2, 0.25) is 0 Å². The maximum absolute atomic E-state index is 12.2. The van der Waals surface area contributed by atoms with Gasteiger partial charge in [0.1, 0.15) is 0 Å². The largest absolute Gasteiger partial charge is 0.334 e. The number of likely N-dealkylation sites (N-methyl/N-ethyl adjacent to an activating group) is 1. The van der Waals surface area contributed by atoms with Crippen LogP contribution in [-0.4, -0.2) is 53.3 Å². The Morgan fingerprint density at radius 1 is 1.32 bits per heavy atom. The van der Waals surface area contributed by atoms with Crippen LogP contribution in [0.25, 0.3) is 0 Å². The van der Waals surface area contributed by atoms with Crippen LogP contribution in [0.4, 0.5) is 5.13 Å². The zero-order valence-corrected chi connectivity index (χ0v) is 14.3. The van der Waals surface area contributed by atoms with Crippen molar-refractivity contribution in [3.8, 4) is 0 Å². The van der Waals surface area contributed by atoms with Crippen LogP contribution in [0.5, 0.6) is 0 Å². The van der Waals surface area contributed by atoms with Gasteiger partial charge in [0.25, 0.3) is 0 Å². The highest BCUT2D eigenvalue weighted by Gasteiger charge is 2.24. The molecule has 0 aliphatic carbocycles. The highest BCUT2D eigenvalue weighted by molar-refractivity contribution is 7.16. The molecule has 0 unspecified atom stereocenters. The number of nitrogens with zero attached hydrogens (tertiary/aromatic N) is 3. The zero-order valence-electron chi connectivity index (χ0n) is 13.5. The van der Waals surface area contributed by atoms with Crippen LogP contribution in [-0.2, 0) is 22.6 Å². The highest BCUT2D eigenvalue weighted by Crippen LogP contribution is 2.27. The predicted octanol–water partition coefficient (Wildman–Crippen LogP) is 1.72. The monoisotopic (exact) mass is 324 g/mol. The van der Waals surface area contributed by atoms with Crippen LogP contribution < -0.4 is 5.32 Å². The van der Waals surface area contributed by atoms with Gasteiger partial charge in [0.2, 0.25) is 0 Å². The van der Waals surface area contributed by atoms with E-state index in [1.165, 1.54) is 16.2 Å². The lowest BCUT2D eigenvalue weighted by Gasteiger charge is -2.20. The van der Waals surface area contributed by atoms with E-state index in [2.05, 4.69) is 22.2 Å². The molecule has 1 aliphatic heterocycles. The van der Waals surface area contributed by atoms with Gasteiger partial charge in [-0.1, -0.05) is 13.8 Å². The summed E-state index contributed by atoms with van der Waals surface area (Å²) in [6.07, 6.45) is 2.58. The molecule has 0 aromatic carbocycles.